The number of aryl methyl sites for hydroxylation is 3. The molecule has 2 aromatic rings. The Morgan fingerprint density at radius 2 is 1.96 bits per heavy atom. The van der Waals surface area contributed by atoms with Gasteiger partial charge < -0.3 is 15.4 Å². The summed E-state index contributed by atoms with van der Waals surface area (Å²) < 4.78 is 68.6. The molecule has 0 amide bonds. The predicted octanol–water partition coefficient (Wildman–Crippen LogP) is 4.50. The van der Waals surface area contributed by atoms with Gasteiger partial charge in [0, 0.05) is 18.8 Å². The lowest BCUT2D eigenvalue weighted by Gasteiger charge is -2.15. The van der Waals surface area contributed by atoms with Crippen LogP contribution in [0, 0.1) is 13.8 Å². The van der Waals surface area contributed by atoms with Crippen LogP contribution in [0.25, 0.3) is 0 Å². The predicted molar refractivity (Wildman–Crippen MR) is 98.6 cm³/mol. The van der Waals surface area contributed by atoms with Gasteiger partial charge in [-0.25, -0.2) is 0 Å². The minimum atomic E-state index is -4.48. The van der Waals surface area contributed by atoms with Gasteiger partial charge in [-0.15, -0.1) is 0 Å². The van der Waals surface area contributed by atoms with Crippen LogP contribution in [0.1, 0.15) is 23.4 Å². The van der Waals surface area contributed by atoms with Crippen LogP contribution in [0.3, 0.4) is 0 Å². The third-order valence-corrected chi connectivity index (χ3v) is 3.95. The summed E-state index contributed by atoms with van der Waals surface area (Å²) in [7, 11) is 0. The Morgan fingerprint density at radius 3 is 2.57 bits per heavy atom. The highest BCUT2D eigenvalue weighted by atomic mass is 32.1. The lowest BCUT2D eigenvalue weighted by molar-refractivity contribution is -0.141. The number of alkyl halides is 5. The molecule has 0 atom stereocenters. The van der Waals surface area contributed by atoms with E-state index in [-0.39, 0.29) is 23.1 Å². The lowest BCUT2D eigenvalue weighted by Crippen LogP contribution is -2.30. The molecule has 1 aromatic heterocycles. The van der Waals surface area contributed by atoms with Crippen molar-refractivity contribution in [2.45, 2.75) is 39.6 Å². The fourth-order valence-electron chi connectivity index (χ4n) is 2.41. The molecule has 0 fully saturated rings. The van der Waals surface area contributed by atoms with Gasteiger partial charge in [-0.3, -0.25) is 4.68 Å². The molecule has 0 bridgehead atoms. The van der Waals surface area contributed by atoms with Gasteiger partial charge in [-0.05, 0) is 56.2 Å². The summed E-state index contributed by atoms with van der Waals surface area (Å²) in [5, 5.41) is 9.37. The number of anilines is 1. The molecule has 1 heterocycles. The van der Waals surface area contributed by atoms with E-state index in [1.54, 1.807) is 26.0 Å². The Morgan fingerprint density at radius 1 is 1.25 bits per heavy atom. The molecule has 1 aromatic carbocycles. The Labute approximate surface area is 163 Å². The summed E-state index contributed by atoms with van der Waals surface area (Å²) >= 11 is 5.12. The molecule has 0 radical (unpaired) electrons. The van der Waals surface area contributed by atoms with E-state index in [0.717, 1.165) is 11.6 Å². The molecule has 28 heavy (non-hydrogen) atoms. The number of nitrogens with zero attached hydrogens (tertiary/aromatic N) is 2. The summed E-state index contributed by atoms with van der Waals surface area (Å²) in [6, 6.07) is 5.63. The molecule has 154 valence electrons. The van der Waals surface area contributed by atoms with Crippen LogP contribution in [-0.4, -0.2) is 28.0 Å². The standard InChI is InChI=1S/C17H19F5N4OS/c1-10-4-5-13(27-15(18)19)12(8-10)24-16(28)23-6-3-7-26-11(2)9-14(25-26)17(20,21)22/h4-5,8-9,15H,3,6-7H2,1-2H3,(H2,23,24,28). The summed E-state index contributed by atoms with van der Waals surface area (Å²) in [5.74, 6) is -0.0448. The number of aromatic nitrogens is 2. The van der Waals surface area contributed by atoms with Crippen molar-refractivity contribution < 1.29 is 26.7 Å². The molecular weight excluding hydrogens is 403 g/mol. The first kappa shape index (κ1) is 21.9. The Hall–Kier alpha value is -2.43. The number of halogens is 5. The number of rotatable bonds is 7. The molecule has 0 aliphatic carbocycles. The maximum absolute atomic E-state index is 12.7. The molecule has 11 heteroatoms. The zero-order chi connectivity index (χ0) is 20.9. The molecule has 0 spiro atoms. The van der Waals surface area contributed by atoms with Crippen LogP contribution in [0.2, 0.25) is 0 Å². The van der Waals surface area contributed by atoms with Crippen molar-refractivity contribution in [3.8, 4) is 5.75 Å². The van der Waals surface area contributed by atoms with E-state index in [1.165, 1.54) is 10.7 Å². The van der Waals surface area contributed by atoms with Crippen LogP contribution in [0.15, 0.2) is 24.3 Å². The van der Waals surface area contributed by atoms with Gasteiger partial charge in [0.1, 0.15) is 5.75 Å². The zero-order valence-electron chi connectivity index (χ0n) is 15.1. The van der Waals surface area contributed by atoms with Crippen molar-refractivity contribution in [2.24, 2.45) is 0 Å². The highest BCUT2D eigenvalue weighted by Gasteiger charge is 2.34. The quantitative estimate of drug-likeness (QED) is 0.391. The van der Waals surface area contributed by atoms with Gasteiger partial charge in [-0.1, -0.05) is 6.07 Å². The number of thiocarbonyl (C=S) groups is 1. The van der Waals surface area contributed by atoms with E-state index in [0.29, 0.717) is 18.7 Å². The van der Waals surface area contributed by atoms with Crippen LogP contribution in [0.4, 0.5) is 27.6 Å². The van der Waals surface area contributed by atoms with Gasteiger partial charge in [-0.2, -0.15) is 27.1 Å². The molecule has 2 N–H and O–H groups in total. The second kappa shape index (κ2) is 9.18. The normalized spacial score (nSPS) is 11.6. The van der Waals surface area contributed by atoms with E-state index in [9.17, 15) is 22.0 Å². The van der Waals surface area contributed by atoms with E-state index in [1.807, 2.05) is 0 Å². The van der Waals surface area contributed by atoms with Gasteiger partial charge >= 0.3 is 12.8 Å². The first-order valence-corrected chi connectivity index (χ1v) is 8.69. The van der Waals surface area contributed by atoms with Crippen LogP contribution >= 0.6 is 12.2 Å². The van der Waals surface area contributed by atoms with Crippen molar-refractivity contribution in [3.63, 3.8) is 0 Å². The first-order chi connectivity index (χ1) is 13.1. The molecule has 0 aliphatic rings. The van der Waals surface area contributed by atoms with Crippen molar-refractivity contribution >= 4 is 23.0 Å². The molecule has 0 saturated carbocycles. The summed E-state index contributed by atoms with van der Waals surface area (Å²) in [4.78, 5) is 0. The number of nitrogens with one attached hydrogen (secondary N) is 2. The van der Waals surface area contributed by atoms with Gasteiger partial charge in [0.15, 0.2) is 10.8 Å². The average Bonchev–Trinajstić information content (AvgIpc) is 2.95. The summed E-state index contributed by atoms with van der Waals surface area (Å²) in [6.45, 7) is 0.980. The number of ether oxygens (including phenoxy) is 1. The van der Waals surface area contributed by atoms with Crippen molar-refractivity contribution in [2.75, 3.05) is 11.9 Å². The van der Waals surface area contributed by atoms with Crippen LogP contribution < -0.4 is 15.4 Å². The number of benzene rings is 1. The molecule has 0 aliphatic heterocycles. The number of hydrogen-bond donors (Lipinski definition) is 2. The van der Waals surface area contributed by atoms with Crippen LogP contribution in [-0.2, 0) is 12.7 Å². The van der Waals surface area contributed by atoms with E-state index in [4.69, 9.17) is 12.2 Å². The Bertz CT molecular complexity index is 822. The monoisotopic (exact) mass is 422 g/mol. The van der Waals surface area contributed by atoms with E-state index < -0.39 is 18.5 Å². The Kier molecular flexibility index (Phi) is 7.17. The highest BCUT2D eigenvalue weighted by molar-refractivity contribution is 7.80. The summed E-state index contributed by atoms with van der Waals surface area (Å²) in [6.07, 6.45) is -4.03. The molecular formula is C17H19F5N4OS. The average molecular weight is 422 g/mol. The Balaban J connectivity index is 1.86. The molecule has 5 nitrogen and oxygen atoms in total. The lowest BCUT2D eigenvalue weighted by atomic mass is 10.2. The fourth-order valence-corrected chi connectivity index (χ4v) is 2.62. The van der Waals surface area contributed by atoms with E-state index >= 15 is 0 Å². The van der Waals surface area contributed by atoms with Crippen molar-refractivity contribution in [1.29, 1.82) is 0 Å². The second-order valence-electron chi connectivity index (χ2n) is 6.00. The highest BCUT2D eigenvalue weighted by Crippen LogP contribution is 2.28. The zero-order valence-corrected chi connectivity index (χ0v) is 15.9. The van der Waals surface area contributed by atoms with Crippen molar-refractivity contribution in [3.05, 3.63) is 41.2 Å². The van der Waals surface area contributed by atoms with Gasteiger partial charge in [0.05, 0.1) is 5.69 Å². The maximum Gasteiger partial charge on any atom is 0.435 e. The van der Waals surface area contributed by atoms with Crippen LogP contribution in [0.5, 0.6) is 5.75 Å². The van der Waals surface area contributed by atoms with Gasteiger partial charge in [0.25, 0.3) is 0 Å². The SMILES string of the molecule is Cc1ccc(OC(F)F)c(NC(=S)NCCCn2nc(C(F)(F)F)cc2C)c1. The third-order valence-electron chi connectivity index (χ3n) is 3.70. The fraction of sp³-hybridized carbons (Fsp3) is 0.412. The smallest absolute Gasteiger partial charge is 0.433 e. The van der Waals surface area contributed by atoms with Crippen molar-refractivity contribution in [1.82, 2.24) is 15.1 Å². The van der Waals surface area contributed by atoms with E-state index in [2.05, 4.69) is 20.5 Å². The summed E-state index contributed by atoms with van der Waals surface area (Å²) in [5.41, 5.74) is 0.583. The molecule has 0 saturated heterocycles. The minimum Gasteiger partial charge on any atom is -0.433 e. The largest absolute Gasteiger partial charge is 0.435 e. The number of hydrogen-bond acceptors (Lipinski definition) is 3. The molecule has 0 unspecified atom stereocenters. The first-order valence-electron chi connectivity index (χ1n) is 8.28. The molecule has 2 rings (SSSR count). The maximum atomic E-state index is 12.7. The second-order valence-corrected chi connectivity index (χ2v) is 6.41. The van der Waals surface area contributed by atoms with Gasteiger partial charge in [0.2, 0.25) is 0 Å². The third kappa shape index (κ3) is 6.32. The topological polar surface area (TPSA) is 51.1 Å². The minimum absolute atomic E-state index is 0.0448.